The maximum atomic E-state index is 13.3. The lowest BCUT2D eigenvalue weighted by Crippen LogP contribution is -2.22. The normalized spacial score (nSPS) is 13.3. The summed E-state index contributed by atoms with van der Waals surface area (Å²) in [7, 11) is 1.86. The monoisotopic (exact) mass is 181 g/mol. The molecule has 13 heavy (non-hydrogen) atoms. The van der Waals surface area contributed by atoms with Gasteiger partial charge in [-0.15, -0.1) is 0 Å². The van der Waals surface area contributed by atoms with Crippen LogP contribution in [0.1, 0.15) is 25.5 Å². The zero-order chi connectivity index (χ0) is 9.84. The van der Waals surface area contributed by atoms with E-state index in [0.29, 0.717) is 5.92 Å². The smallest absolute Gasteiger partial charge is 0.127 e. The molecule has 1 unspecified atom stereocenters. The van der Waals surface area contributed by atoms with E-state index in [-0.39, 0.29) is 11.9 Å². The molecule has 0 aliphatic heterocycles. The molecule has 2 heteroatoms. The fourth-order valence-electron chi connectivity index (χ4n) is 1.58. The molecule has 1 aromatic carbocycles. The van der Waals surface area contributed by atoms with Gasteiger partial charge in [-0.05, 0) is 19.0 Å². The molecule has 0 bridgehead atoms. The van der Waals surface area contributed by atoms with E-state index in [0.717, 1.165) is 5.56 Å². The van der Waals surface area contributed by atoms with Crippen LogP contribution in [-0.2, 0) is 0 Å². The molecule has 1 N–H and O–H groups in total. The van der Waals surface area contributed by atoms with Gasteiger partial charge >= 0.3 is 0 Å². The zero-order valence-electron chi connectivity index (χ0n) is 8.34. The van der Waals surface area contributed by atoms with E-state index in [4.69, 9.17) is 0 Å². The molecule has 1 nitrogen and oxygen atoms in total. The minimum Gasteiger partial charge on any atom is -0.313 e. The standard InChI is InChI=1S/C11H16FN/c1-8(2)11(13-3)9-6-4-5-7-10(9)12/h4-8,11,13H,1-3H3. The second-order valence-electron chi connectivity index (χ2n) is 3.53. The lowest BCUT2D eigenvalue weighted by Gasteiger charge is -2.20. The maximum Gasteiger partial charge on any atom is 0.127 e. The third-order valence-corrected chi connectivity index (χ3v) is 2.22. The highest BCUT2D eigenvalue weighted by Gasteiger charge is 2.16. The van der Waals surface area contributed by atoms with Crippen LogP contribution >= 0.6 is 0 Å². The Kier molecular flexibility index (Phi) is 3.43. The van der Waals surface area contributed by atoms with Crippen molar-refractivity contribution < 1.29 is 4.39 Å². The predicted molar refractivity (Wildman–Crippen MR) is 53.0 cm³/mol. The highest BCUT2D eigenvalue weighted by Crippen LogP contribution is 2.23. The summed E-state index contributed by atoms with van der Waals surface area (Å²) in [4.78, 5) is 0. The quantitative estimate of drug-likeness (QED) is 0.756. The first-order valence-electron chi connectivity index (χ1n) is 4.58. The minimum atomic E-state index is -0.129. The number of benzene rings is 1. The summed E-state index contributed by atoms with van der Waals surface area (Å²) in [6.07, 6.45) is 0. The fraction of sp³-hybridized carbons (Fsp3) is 0.455. The number of nitrogens with one attached hydrogen (secondary N) is 1. The van der Waals surface area contributed by atoms with Crippen LogP contribution in [0.15, 0.2) is 24.3 Å². The van der Waals surface area contributed by atoms with Crippen molar-refractivity contribution >= 4 is 0 Å². The van der Waals surface area contributed by atoms with Crippen molar-refractivity contribution in [3.8, 4) is 0 Å². The summed E-state index contributed by atoms with van der Waals surface area (Å²) in [5.74, 6) is 0.262. The van der Waals surface area contributed by atoms with Crippen LogP contribution in [0.3, 0.4) is 0 Å². The lowest BCUT2D eigenvalue weighted by molar-refractivity contribution is 0.424. The minimum absolute atomic E-state index is 0.0983. The van der Waals surface area contributed by atoms with Gasteiger partial charge in [-0.2, -0.15) is 0 Å². The van der Waals surface area contributed by atoms with Crippen LogP contribution < -0.4 is 5.32 Å². The van der Waals surface area contributed by atoms with Crippen LogP contribution in [-0.4, -0.2) is 7.05 Å². The highest BCUT2D eigenvalue weighted by atomic mass is 19.1. The summed E-state index contributed by atoms with van der Waals surface area (Å²) in [6.45, 7) is 4.15. The van der Waals surface area contributed by atoms with Crippen molar-refractivity contribution in [2.75, 3.05) is 7.05 Å². The van der Waals surface area contributed by atoms with E-state index in [2.05, 4.69) is 19.2 Å². The average molecular weight is 181 g/mol. The summed E-state index contributed by atoms with van der Waals surface area (Å²) in [5, 5.41) is 3.12. The Bertz CT molecular complexity index is 271. The van der Waals surface area contributed by atoms with E-state index in [1.54, 1.807) is 6.07 Å². The Hall–Kier alpha value is -0.890. The lowest BCUT2D eigenvalue weighted by atomic mass is 9.96. The third-order valence-electron chi connectivity index (χ3n) is 2.22. The number of halogens is 1. The van der Waals surface area contributed by atoms with Gasteiger partial charge < -0.3 is 5.32 Å². The molecule has 0 fully saturated rings. The summed E-state index contributed by atoms with van der Waals surface area (Å²) < 4.78 is 13.3. The molecule has 0 saturated carbocycles. The molecular weight excluding hydrogens is 165 g/mol. The van der Waals surface area contributed by atoms with Gasteiger partial charge in [0, 0.05) is 11.6 Å². The summed E-state index contributed by atoms with van der Waals surface area (Å²) in [6, 6.07) is 7.01. The van der Waals surface area contributed by atoms with E-state index < -0.39 is 0 Å². The van der Waals surface area contributed by atoms with Crippen LogP contribution in [0.5, 0.6) is 0 Å². The highest BCUT2D eigenvalue weighted by molar-refractivity contribution is 5.21. The Morgan fingerprint density at radius 2 is 1.85 bits per heavy atom. The van der Waals surface area contributed by atoms with Gasteiger partial charge in [0.25, 0.3) is 0 Å². The van der Waals surface area contributed by atoms with Crippen LogP contribution in [0.2, 0.25) is 0 Å². The second kappa shape index (κ2) is 4.38. The summed E-state index contributed by atoms with van der Waals surface area (Å²) >= 11 is 0. The molecule has 0 amide bonds. The molecular formula is C11H16FN. The molecule has 0 aromatic heterocycles. The first kappa shape index (κ1) is 10.2. The fourth-order valence-corrected chi connectivity index (χ4v) is 1.58. The van der Waals surface area contributed by atoms with Crippen LogP contribution in [0, 0.1) is 11.7 Å². The number of hydrogen-bond acceptors (Lipinski definition) is 1. The molecule has 1 atom stereocenters. The van der Waals surface area contributed by atoms with Crippen LogP contribution in [0.25, 0.3) is 0 Å². The molecule has 72 valence electrons. The maximum absolute atomic E-state index is 13.3. The van der Waals surface area contributed by atoms with Gasteiger partial charge in [-0.1, -0.05) is 32.0 Å². The van der Waals surface area contributed by atoms with Crippen molar-refractivity contribution in [1.29, 1.82) is 0 Å². The molecule has 0 radical (unpaired) electrons. The first-order chi connectivity index (χ1) is 6.16. The first-order valence-corrected chi connectivity index (χ1v) is 4.58. The van der Waals surface area contributed by atoms with E-state index in [9.17, 15) is 4.39 Å². The number of rotatable bonds is 3. The van der Waals surface area contributed by atoms with Gasteiger partial charge in [0.1, 0.15) is 5.82 Å². The third kappa shape index (κ3) is 2.28. The van der Waals surface area contributed by atoms with E-state index in [1.165, 1.54) is 6.07 Å². The van der Waals surface area contributed by atoms with Gasteiger partial charge in [-0.3, -0.25) is 0 Å². The van der Waals surface area contributed by atoms with Gasteiger partial charge in [-0.25, -0.2) is 4.39 Å². The molecule has 0 heterocycles. The Morgan fingerprint density at radius 3 is 2.31 bits per heavy atom. The molecule has 0 aliphatic rings. The largest absolute Gasteiger partial charge is 0.313 e. The Morgan fingerprint density at radius 1 is 1.23 bits per heavy atom. The van der Waals surface area contributed by atoms with Crippen molar-refractivity contribution in [3.05, 3.63) is 35.6 Å². The van der Waals surface area contributed by atoms with Gasteiger partial charge in [0.05, 0.1) is 0 Å². The number of hydrogen-bond donors (Lipinski definition) is 1. The van der Waals surface area contributed by atoms with Crippen molar-refractivity contribution in [3.63, 3.8) is 0 Å². The van der Waals surface area contributed by atoms with E-state index in [1.807, 2.05) is 19.2 Å². The molecule has 0 spiro atoms. The second-order valence-corrected chi connectivity index (χ2v) is 3.53. The summed E-state index contributed by atoms with van der Waals surface area (Å²) in [5.41, 5.74) is 0.750. The topological polar surface area (TPSA) is 12.0 Å². The van der Waals surface area contributed by atoms with Crippen LogP contribution in [0.4, 0.5) is 4.39 Å². The van der Waals surface area contributed by atoms with Gasteiger partial charge in [0.15, 0.2) is 0 Å². The predicted octanol–water partition coefficient (Wildman–Crippen LogP) is 2.74. The van der Waals surface area contributed by atoms with Crippen molar-refractivity contribution in [2.45, 2.75) is 19.9 Å². The SMILES string of the molecule is CNC(c1ccccc1F)C(C)C. The molecule has 1 aromatic rings. The zero-order valence-corrected chi connectivity index (χ0v) is 8.34. The average Bonchev–Trinajstić information content (AvgIpc) is 2.09. The Labute approximate surface area is 79.0 Å². The van der Waals surface area contributed by atoms with Crippen molar-refractivity contribution in [1.82, 2.24) is 5.32 Å². The molecule has 0 aliphatic carbocycles. The van der Waals surface area contributed by atoms with Gasteiger partial charge in [0.2, 0.25) is 0 Å². The van der Waals surface area contributed by atoms with E-state index >= 15 is 0 Å². The Balaban J connectivity index is 2.97. The van der Waals surface area contributed by atoms with Crippen molar-refractivity contribution in [2.24, 2.45) is 5.92 Å². The molecule has 0 saturated heterocycles. The molecule has 1 rings (SSSR count).